The van der Waals surface area contributed by atoms with Crippen molar-refractivity contribution in [2.45, 2.75) is 64.2 Å². The minimum atomic E-state index is -0.824. The van der Waals surface area contributed by atoms with Gasteiger partial charge in [-0.3, -0.25) is 4.79 Å². The molecule has 2 saturated carbocycles. The van der Waals surface area contributed by atoms with Gasteiger partial charge in [-0.2, -0.15) is 0 Å². The van der Waals surface area contributed by atoms with Gasteiger partial charge in [0, 0.05) is 0 Å². The Bertz CT molecular complexity index is 656. The zero-order valence-corrected chi connectivity index (χ0v) is 18.1. The molecule has 26 heavy (non-hydrogen) atoms. The standard InChI is InChI=1S/C22H28O3.Na.H/c1-2-5-19(14-21(23)24)18-6-8-20(9-7-18)25-16-17-10-13-22(15-17)11-3-4-12-22;;/h6-9,17,19H,3-4,10-16H2,1H3,(H,23,24);;/q;+1;-1/t17?,19-;;/m0../s1. The maximum absolute atomic E-state index is 11.0. The van der Waals surface area contributed by atoms with Gasteiger partial charge in [-0.05, 0) is 68.1 Å². The van der Waals surface area contributed by atoms with Crippen LogP contribution < -0.4 is 34.3 Å². The summed E-state index contributed by atoms with van der Waals surface area (Å²) in [6.07, 6.45) is 9.70. The van der Waals surface area contributed by atoms with Crippen molar-refractivity contribution in [1.29, 1.82) is 0 Å². The molecular weight excluding hydrogens is 335 g/mol. The van der Waals surface area contributed by atoms with Gasteiger partial charge in [0.1, 0.15) is 5.75 Å². The average molecular weight is 364 g/mol. The fourth-order valence-electron chi connectivity index (χ4n) is 4.66. The van der Waals surface area contributed by atoms with Crippen LogP contribution in [0.15, 0.2) is 24.3 Å². The Balaban J connectivity index is 0.00000182. The van der Waals surface area contributed by atoms with Crippen LogP contribution in [0.25, 0.3) is 0 Å². The minimum absolute atomic E-state index is 0. The second-order valence-electron chi connectivity index (χ2n) is 7.74. The van der Waals surface area contributed by atoms with Gasteiger partial charge in [0.05, 0.1) is 18.9 Å². The summed E-state index contributed by atoms with van der Waals surface area (Å²) < 4.78 is 6.02. The SMILES string of the molecule is CC#C[C@@H](CC(=O)O)c1ccc(OCC2CCC3(CCCC3)C2)cc1.[H-].[Na+]. The van der Waals surface area contributed by atoms with E-state index in [2.05, 4.69) is 11.8 Å². The van der Waals surface area contributed by atoms with E-state index in [9.17, 15) is 4.79 Å². The maximum atomic E-state index is 11.0. The van der Waals surface area contributed by atoms with E-state index in [1.165, 1.54) is 44.9 Å². The first kappa shape index (κ1) is 21.4. The van der Waals surface area contributed by atoms with Gasteiger partial charge in [-0.25, -0.2) is 0 Å². The fraction of sp³-hybridized carbons (Fsp3) is 0.591. The number of ether oxygens (including phenoxy) is 1. The molecule has 2 aliphatic rings. The van der Waals surface area contributed by atoms with Crippen LogP contribution in [0.1, 0.15) is 71.2 Å². The van der Waals surface area contributed by atoms with Crippen LogP contribution in [0.5, 0.6) is 5.75 Å². The van der Waals surface area contributed by atoms with Crippen molar-refractivity contribution < 1.29 is 45.6 Å². The monoisotopic (exact) mass is 364 g/mol. The number of rotatable bonds is 6. The molecule has 0 bridgehead atoms. The van der Waals surface area contributed by atoms with Crippen LogP contribution in [0.4, 0.5) is 0 Å². The van der Waals surface area contributed by atoms with Crippen LogP contribution in [-0.4, -0.2) is 17.7 Å². The number of carboxylic acids is 1. The van der Waals surface area contributed by atoms with E-state index in [0.29, 0.717) is 11.3 Å². The largest absolute Gasteiger partial charge is 1.00 e. The summed E-state index contributed by atoms with van der Waals surface area (Å²) >= 11 is 0. The Morgan fingerprint density at radius 2 is 2.00 bits per heavy atom. The van der Waals surface area contributed by atoms with Crippen molar-refractivity contribution in [3.8, 4) is 17.6 Å². The summed E-state index contributed by atoms with van der Waals surface area (Å²) in [6, 6.07) is 7.78. The molecule has 2 fully saturated rings. The van der Waals surface area contributed by atoms with Gasteiger partial charge in [-0.15, -0.1) is 5.92 Å². The Hall–Kier alpha value is -0.950. The number of hydrogen-bond acceptors (Lipinski definition) is 2. The number of aliphatic carboxylic acids is 1. The molecule has 0 amide bonds. The molecular formula is C22H29NaO3. The Morgan fingerprint density at radius 3 is 2.62 bits per heavy atom. The van der Waals surface area contributed by atoms with Gasteiger partial charge >= 0.3 is 35.5 Å². The van der Waals surface area contributed by atoms with Crippen molar-refractivity contribution in [2.24, 2.45) is 11.3 Å². The van der Waals surface area contributed by atoms with E-state index in [0.717, 1.165) is 17.9 Å². The van der Waals surface area contributed by atoms with Crippen LogP contribution in [0.2, 0.25) is 0 Å². The maximum Gasteiger partial charge on any atom is 1.00 e. The normalized spacial score (nSPS) is 21.5. The van der Waals surface area contributed by atoms with Crippen LogP contribution in [-0.2, 0) is 4.79 Å². The van der Waals surface area contributed by atoms with Gasteiger partial charge in [0.2, 0.25) is 0 Å². The molecule has 2 atom stereocenters. The summed E-state index contributed by atoms with van der Waals surface area (Å²) in [5.41, 5.74) is 1.58. The topological polar surface area (TPSA) is 46.5 Å². The van der Waals surface area contributed by atoms with Gasteiger partial charge < -0.3 is 11.3 Å². The zero-order chi connectivity index (χ0) is 17.7. The first-order chi connectivity index (χ1) is 12.1. The first-order valence-corrected chi connectivity index (χ1v) is 9.47. The Kier molecular flexibility index (Phi) is 8.07. The number of carbonyl (C=O) groups is 1. The molecule has 3 rings (SSSR count). The fourth-order valence-corrected chi connectivity index (χ4v) is 4.66. The van der Waals surface area contributed by atoms with Crippen LogP contribution >= 0.6 is 0 Å². The van der Waals surface area contributed by atoms with Crippen molar-refractivity contribution in [3.05, 3.63) is 29.8 Å². The Morgan fingerprint density at radius 1 is 1.31 bits per heavy atom. The van der Waals surface area contributed by atoms with Gasteiger partial charge in [0.25, 0.3) is 0 Å². The molecule has 136 valence electrons. The third-order valence-corrected chi connectivity index (χ3v) is 5.93. The van der Waals surface area contributed by atoms with Crippen LogP contribution in [0, 0.1) is 23.2 Å². The summed E-state index contributed by atoms with van der Waals surface area (Å²) in [4.78, 5) is 11.0. The van der Waals surface area contributed by atoms with Crippen LogP contribution in [0.3, 0.4) is 0 Å². The van der Waals surface area contributed by atoms with Crippen molar-refractivity contribution in [2.75, 3.05) is 6.61 Å². The second kappa shape index (κ2) is 9.83. The van der Waals surface area contributed by atoms with Gasteiger partial charge in [0.15, 0.2) is 0 Å². The number of carboxylic acid groups (broad SMARTS) is 1. The summed E-state index contributed by atoms with van der Waals surface area (Å²) in [7, 11) is 0. The molecule has 0 saturated heterocycles. The first-order valence-electron chi connectivity index (χ1n) is 9.47. The second-order valence-corrected chi connectivity index (χ2v) is 7.74. The smallest absolute Gasteiger partial charge is 1.00 e. The minimum Gasteiger partial charge on any atom is -1.00 e. The van der Waals surface area contributed by atoms with E-state index < -0.39 is 5.97 Å². The van der Waals surface area contributed by atoms with Gasteiger partial charge in [-0.1, -0.05) is 30.9 Å². The van der Waals surface area contributed by atoms with E-state index in [4.69, 9.17) is 9.84 Å². The Labute approximate surface area is 180 Å². The van der Waals surface area contributed by atoms with Crippen molar-refractivity contribution in [3.63, 3.8) is 0 Å². The molecule has 0 aliphatic heterocycles. The molecule has 0 aromatic heterocycles. The molecule has 3 nitrogen and oxygen atoms in total. The predicted molar refractivity (Wildman–Crippen MR) is 99.7 cm³/mol. The molecule has 0 radical (unpaired) electrons. The quantitative estimate of drug-likeness (QED) is 0.621. The number of hydrogen-bond donors (Lipinski definition) is 1. The molecule has 1 unspecified atom stereocenters. The summed E-state index contributed by atoms with van der Waals surface area (Å²) in [6.45, 7) is 2.54. The molecule has 1 aromatic carbocycles. The van der Waals surface area contributed by atoms with E-state index in [1.54, 1.807) is 6.92 Å². The third kappa shape index (κ3) is 5.52. The number of benzene rings is 1. The predicted octanol–water partition coefficient (Wildman–Crippen LogP) is 2.12. The summed E-state index contributed by atoms with van der Waals surface area (Å²) in [5.74, 6) is 6.28. The van der Waals surface area contributed by atoms with Crippen molar-refractivity contribution >= 4 is 5.97 Å². The van der Waals surface area contributed by atoms with E-state index in [1.807, 2.05) is 24.3 Å². The van der Waals surface area contributed by atoms with E-state index in [-0.39, 0.29) is 43.3 Å². The van der Waals surface area contributed by atoms with Crippen molar-refractivity contribution in [1.82, 2.24) is 0 Å². The third-order valence-electron chi connectivity index (χ3n) is 5.93. The zero-order valence-electron chi connectivity index (χ0n) is 17.1. The molecule has 1 spiro atoms. The molecule has 0 heterocycles. The molecule has 1 N–H and O–H groups in total. The molecule has 4 heteroatoms. The van der Waals surface area contributed by atoms with E-state index >= 15 is 0 Å². The molecule has 1 aromatic rings. The summed E-state index contributed by atoms with van der Waals surface area (Å²) in [5, 5.41) is 9.03. The molecule has 2 aliphatic carbocycles. The average Bonchev–Trinajstić information content (AvgIpc) is 3.23.